The maximum absolute atomic E-state index is 9.26. The molecule has 0 fully saturated rings. The molecule has 2 nitrogen and oxygen atoms in total. The van der Waals surface area contributed by atoms with Gasteiger partial charge in [-0.05, 0) is 37.7 Å². The fraction of sp³-hybridized carbons (Fsp3) is 0.429. The van der Waals surface area contributed by atoms with E-state index < -0.39 is 0 Å². The fourth-order valence-electron chi connectivity index (χ4n) is 2.08. The van der Waals surface area contributed by atoms with Gasteiger partial charge in [0, 0.05) is 12.5 Å². The number of phenolic OH excluding ortho intramolecular Hbond substituents is 1. The zero-order chi connectivity index (χ0) is 12.1. The maximum Gasteiger partial charge on any atom is 0.115 e. The summed E-state index contributed by atoms with van der Waals surface area (Å²) in [6, 6.07) is 7.39. The molecule has 1 N–H and O–H groups in total. The molecule has 0 saturated heterocycles. The first kappa shape index (κ1) is 12.8. The molecular weight excluding hydrogens is 198 g/mol. The second kappa shape index (κ2) is 5.71. The lowest BCUT2D eigenvalue weighted by Crippen LogP contribution is -2.23. The summed E-state index contributed by atoms with van der Waals surface area (Å²) in [6.07, 6.45) is 1.99. The Morgan fingerprint density at radius 2 is 1.88 bits per heavy atom. The number of hydrogen-bond donors (Lipinski definition) is 1. The van der Waals surface area contributed by atoms with Crippen molar-refractivity contribution in [3.63, 3.8) is 0 Å². The summed E-state index contributed by atoms with van der Waals surface area (Å²) in [4.78, 5) is 2.18. The second-order valence-corrected chi connectivity index (χ2v) is 4.59. The molecule has 1 rings (SSSR count). The largest absolute Gasteiger partial charge is 0.508 e. The summed E-state index contributed by atoms with van der Waals surface area (Å²) >= 11 is 0. The third-order valence-corrected chi connectivity index (χ3v) is 2.80. The highest BCUT2D eigenvalue weighted by Crippen LogP contribution is 2.27. The van der Waals surface area contributed by atoms with E-state index in [1.807, 2.05) is 18.2 Å². The van der Waals surface area contributed by atoms with Gasteiger partial charge in [-0.3, -0.25) is 0 Å². The molecule has 0 amide bonds. The van der Waals surface area contributed by atoms with Crippen molar-refractivity contribution in [2.24, 2.45) is 5.92 Å². The van der Waals surface area contributed by atoms with Gasteiger partial charge in [-0.1, -0.05) is 25.1 Å². The van der Waals surface area contributed by atoms with Gasteiger partial charge in [0.1, 0.15) is 5.75 Å². The molecule has 2 atom stereocenters. The summed E-state index contributed by atoms with van der Waals surface area (Å²) in [6.45, 7) is 7.15. The minimum Gasteiger partial charge on any atom is -0.508 e. The van der Waals surface area contributed by atoms with Crippen molar-refractivity contribution >= 4 is 0 Å². The lowest BCUT2D eigenvalue weighted by molar-refractivity contribution is 0.323. The molecule has 16 heavy (non-hydrogen) atoms. The third-order valence-electron chi connectivity index (χ3n) is 2.80. The molecule has 0 saturated carbocycles. The Morgan fingerprint density at radius 3 is 2.31 bits per heavy atom. The summed E-state index contributed by atoms with van der Waals surface area (Å²) in [5.41, 5.74) is 1.21. The Kier molecular flexibility index (Phi) is 4.56. The summed E-state index contributed by atoms with van der Waals surface area (Å²) in [5.74, 6) is 1.16. The van der Waals surface area contributed by atoms with E-state index in [4.69, 9.17) is 0 Å². The summed E-state index contributed by atoms with van der Waals surface area (Å²) in [5, 5.41) is 9.26. The molecule has 0 aromatic heterocycles. The third kappa shape index (κ3) is 3.38. The van der Waals surface area contributed by atoms with Crippen LogP contribution in [0.1, 0.15) is 18.4 Å². The highest BCUT2D eigenvalue weighted by Gasteiger charge is 2.16. The van der Waals surface area contributed by atoms with Crippen LogP contribution in [0.15, 0.2) is 36.9 Å². The Labute approximate surface area is 98.2 Å². The number of rotatable bonds is 5. The molecule has 2 heteroatoms. The highest BCUT2D eigenvalue weighted by molar-refractivity contribution is 5.30. The van der Waals surface area contributed by atoms with Crippen LogP contribution in [-0.4, -0.2) is 30.6 Å². The highest BCUT2D eigenvalue weighted by atomic mass is 16.3. The van der Waals surface area contributed by atoms with Crippen molar-refractivity contribution in [2.75, 3.05) is 20.6 Å². The molecule has 0 aliphatic rings. The second-order valence-electron chi connectivity index (χ2n) is 4.59. The molecule has 0 spiro atoms. The summed E-state index contributed by atoms with van der Waals surface area (Å²) < 4.78 is 0. The van der Waals surface area contributed by atoms with Crippen molar-refractivity contribution in [2.45, 2.75) is 12.8 Å². The van der Waals surface area contributed by atoms with E-state index in [2.05, 4.69) is 32.5 Å². The lowest BCUT2D eigenvalue weighted by atomic mass is 9.87. The predicted octanol–water partition coefficient (Wildman–Crippen LogP) is 2.86. The number of nitrogens with zero attached hydrogens (tertiary/aromatic N) is 1. The molecule has 0 bridgehead atoms. The van der Waals surface area contributed by atoms with Crippen LogP contribution in [0.4, 0.5) is 0 Å². The molecule has 0 aliphatic carbocycles. The van der Waals surface area contributed by atoms with Gasteiger partial charge in [-0.2, -0.15) is 0 Å². The van der Waals surface area contributed by atoms with Gasteiger partial charge in [-0.15, -0.1) is 6.58 Å². The van der Waals surface area contributed by atoms with Crippen LogP contribution in [0.3, 0.4) is 0 Å². The Bertz CT molecular complexity index is 329. The molecule has 0 aliphatic heterocycles. The van der Waals surface area contributed by atoms with E-state index in [9.17, 15) is 5.11 Å². The van der Waals surface area contributed by atoms with Gasteiger partial charge in [-0.25, -0.2) is 0 Å². The number of hydrogen-bond acceptors (Lipinski definition) is 2. The maximum atomic E-state index is 9.26. The van der Waals surface area contributed by atoms with Crippen LogP contribution >= 0.6 is 0 Å². The predicted molar refractivity (Wildman–Crippen MR) is 68.8 cm³/mol. The van der Waals surface area contributed by atoms with Crippen molar-refractivity contribution in [3.8, 4) is 5.75 Å². The molecular formula is C14H21NO. The number of allylic oxidation sites excluding steroid dienone is 1. The van der Waals surface area contributed by atoms with Gasteiger partial charge in [0.25, 0.3) is 0 Å². The lowest BCUT2D eigenvalue weighted by Gasteiger charge is -2.24. The minimum absolute atomic E-state index is 0.312. The number of aromatic hydroxyl groups is 1. The van der Waals surface area contributed by atoms with E-state index in [0.29, 0.717) is 17.6 Å². The first-order valence-corrected chi connectivity index (χ1v) is 5.60. The van der Waals surface area contributed by atoms with E-state index >= 15 is 0 Å². The molecule has 1 aromatic carbocycles. The Balaban J connectivity index is 2.81. The van der Waals surface area contributed by atoms with Crippen LogP contribution in [0.2, 0.25) is 0 Å². The topological polar surface area (TPSA) is 23.5 Å². The Hall–Kier alpha value is -1.28. The standard InChI is InChI=1S/C14H21NO/c1-5-14(11(2)10-15(3)4)12-6-8-13(16)9-7-12/h5-9,11,14,16H,1,10H2,2-4H3/t11-,14?/m1/s1. The van der Waals surface area contributed by atoms with Gasteiger partial charge in [0.15, 0.2) is 0 Å². The van der Waals surface area contributed by atoms with Crippen LogP contribution in [0.25, 0.3) is 0 Å². The van der Waals surface area contributed by atoms with Gasteiger partial charge < -0.3 is 10.0 Å². The zero-order valence-corrected chi connectivity index (χ0v) is 10.4. The molecule has 0 heterocycles. The molecule has 1 aromatic rings. The van der Waals surface area contributed by atoms with Crippen molar-refractivity contribution in [1.29, 1.82) is 0 Å². The first-order chi connectivity index (χ1) is 7.54. The first-order valence-electron chi connectivity index (χ1n) is 5.60. The monoisotopic (exact) mass is 219 g/mol. The van der Waals surface area contributed by atoms with Crippen LogP contribution < -0.4 is 0 Å². The smallest absolute Gasteiger partial charge is 0.115 e. The average Bonchev–Trinajstić information content (AvgIpc) is 2.21. The van der Waals surface area contributed by atoms with Crippen LogP contribution in [0.5, 0.6) is 5.75 Å². The van der Waals surface area contributed by atoms with E-state index in [-0.39, 0.29) is 0 Å². The normalized spacial score (nSPS) is 14.8. The number of benzene rings is 1. The summed E-state index contributed by atoms with van der Waals surface area (Å²) in [7, 11) is 4.15. The van der Waals surface area contributed by atoms with Gasteiger partial charge >= 0.3 is 0 Å². The molecule has 0 radical (unpaired) electrons. The van der Waals surface area contributed by atoms with Crippen LogP contribution in [0, 0.1) is 5.92 Å². The Morgan fingerprint density at radius 1 is 1.31 bits per heavy atom. The van der Waals surface area contributed by atoms with E-state index in [0.717, 1.165) is 6.54 Å². The van der Waals surface area contributed by atoms with Crippen molar-refractivity contribution < 1.29 is 5.11 Å². The van der Waals surface area contributed by atoms with E-state index in [1.165, 1.54) is 5.56 Å². The van der Waals surface area contributed by atoms with Crippen LogP contribution in [-0.2, 0) is 0 Å². The average molecular weight is 219 g/mol. The number of phenols is 1. The molecule has 1 unspecified atom stereocenters. The van der Waals surface area contributed by atoms with Gasteiger partial charge in [0.05, 0.1) is 0 Å². The van der Waals surface area contributed by atoms with E-state index in [1.54, 1.807) is 12.1 Å². The van der Waals surface area contributed by atoms with Gasteiger partial charge in [0.2, 0.25) is 0 Å². The fourth-order valence-corrected chi connectivity index (χ4v) is 2.08. The minimum atomic E-state index is 0.312. The van der Waals surface area contributed by atoms with Crippen molar-refractivity contribution in [1.82, 2.24) is 4.90 Å². The van der Waals surface area contributed by atoms with Crippen molar-refractivity contribution in [3.05, 3.63) is 42.5 Å². The zero-order valence-electron chi connectivity index (χ0n) is 10.4. The SMILES string of the molecule is C=CC(c1ccc(O)cc1)[C@H](C)CN(C)C. The quantitative estimate of drug-likeness (QED) is 0.770. The molecule has 88 valence electrons.